The van der Waals surface area contributed by atoms with Crippen molar-refractivity contribution in [2.24, 2.45) is 0 Å². The molecule has 0 amide bonds. The maximum atomic E-state index is 13.2. The van der Waals surface area contributed by atoms with Crippen molar-refractivity contribution >= 4 is 31.8 Å². The lowest BCUT2D eigenvalue weighted by molar-refractivity contribution is 0.202. The van der Waals surface area contributed by atoms with Gasteiger partial charge in [-0.25, -0.2) is 28.4 Å². The molecular weight excluding hydrogens is 574 g/mol. The number of hydrogen-bond donors (Lipinski definition) is 1. The number of benzene rings is 2. The van der Waals surface area contributed by atoms with Gasteiger partial charge in [0.2, 0.25) is 5.88 Å². The highest BCUT2D eigenvalue weighted by Gasteiger charge is 2.22. The predicted molar refractivity (Wildman–Crippen MR) is 148 cm³/mol. The van der Waals surface area contributed by atoms with Crippen molar-refractivity contribution in [1.82, 2.24) is 19.9 Å². The zero-order chi connectivity index (χ0) is 26.4. The van der Waals surface area contributed by atoms with Gasteiger partial charge in [0.1, 0.15) is 19.5 Å². The van der Waals surface area contributed by atoms with Gasteiger partial charge in [0, 0.05) is 12.4 Å². The summed E-state index contributed by atoms with van der Waals surface area (Å²) in [6.45, 7) is 6.35. The van der Waals surface area contributed by atoms with E-state index in [9.17, 15) is 8.42 Å². The number of anilines is 1. The van der Waals surface area contributed by atoms with E-state index in [-0.39, 0.29) is 41.3 Å². The third kappa shape index (κ3) is 7.24. The molecule has 0 unspecified atom stereocenters. The average molecular weight is 603 g/mol. The maximum Gasteiger partial charge on any atom is 0.316 e. The Labute approximate surface area is 230 Å². The highest BCUT2D eigenvalue weighted by molar-refractivity contribution is 9.10. The summed E-state index contributed by atoms with van der Waals surface area (Å²) in [6.07, 6.45) is 4.42. The summed E-state index contributed by atoms with van der Waals surface area (Å²) in [5.74, 6) is 0.615. The van der Waals surface area contributed by atoms with E-state index in [1.54, 1.807) is 24.5 Å². The van der Waals surface area contributed by atoms with E-state index in [4.69, 9.17) is 9.47 Å². The van der Waals surface area contributed by atoms with Gasteiger partial charge < -0.3 is 14.9 Å². The van der Waals surface area contributed by atoms with Crippen molar-refractivity contribution in [2.75, 3.05) is 17.9 Å². The molecule has 0 aliphatic heterocycles. The van der Waals surface area contributed by atoms with Crippen LogP contribution in [0.5, 0.6) is 11.9 Å². The molecule has 0 saturated heterocycles. The minimum absolute atomic E-state index is 0. The number of rotatable bonds is 10. The Kier molecular flexibility index (Phi) is 9.72. The van der Waals surface area contributed by atoms with E-state index in [0.29, 0.717) is 17.0 Å². The summed E-state index contributed by atoms with van der Waals surface area (Å²) < 4.78 is 41.2. The molecule has 4 rings (SSSR count). The quantitative estimate of drug-likeness (QED) is 0.260. The van der Waals surface area contributed by atoms with Gasteiger partial charge in [-0.2, -0.15) is 0 Å². The fourth-order valence-electron chi connectivity index (χ4n) is 3.40. The Morgan fingerprint density at radius 2 is 1.53 bits per heavy atom. The monoisotopic (exact) mass is 601 g/mol. The number of halogens is 1. The van der Waals surface area contributed by atoms with Crippen molar-refractivity contribution in [3.63, 3.8) is 0 Å². The SMILES string of the molecule is Cc1ccc(-c2c(NS(=O)(=O)c3ccc(C(C)C)cc3)ncnc2OCCOc2ncc(Br)cn2)cc1.O. The van der Waals surface area contributed by atoms with Crippen molar-refractivity contribution < 1.29 is 23.4 Å². The van der Waals surface area contributed by atoms with E-state index < -0.39 is 10.0 Å². The Morgan fingerprint density at radius 3 is 2.16 bits per heavy atom. The van der Waals surface area contributed by atoms with E-state index in [0.717, 1.165) is 15.6 Å². The second kappa shape index (κ2) is 12.8. The highest BCUT2D eigenvalue weighted by atomic mass is 79.9. The molecule has 0 radical (unpaired) electrons. The zero-order valence-electron chi connectivity index (χ0n) is 21.1. The zero-order valence-corrected chi connectivity index (χ0v) is 23.5. The number of ether oxygens (including phenoxy) is 2. The van der Waals surface area contributed by atoms with Crippen LogP contribution in [0, 0.1) is 6.92 Å². The molecule has 200 valence electrons. The molecule has 0 bridgehead atoms. The molecule has 0 fully saturated rings. The molecule has 4 aromatic rings. The Morgan fingerprint density at radius 1 is 0.895 bits per heavy atom. The maximum absolute atomic E-state index is 13.2. The number of nitrogens with zero attached hydrogens (tertiary/aromatic N) is 4. The first-order valence-corrected chi connectivity index (χ1v) is 13.8. The Balaban J connectivity index is 0.00000400. The predicted octanol–water partition coefficient (Wildman–Crippen LogP) is 4.56. The van der Waals surface area contributed by atoms with E-state index in [2.05, 4.69) is 54.4 Å². The normalized spacial score (nSPS) is 11.1. The number of aromatic nitrogens is 4. The second-order valence-electron chi connectivity index (χ2n) is 8.48. The molecule has 0 atom stereocenters. The Bertz CT molecular complexity index is 1450. The topological polar surface area (TPSA) is 148 Å². The van der Waals surface area contributed by atoms with Crippen molar-refractivity contribution in [1.29, 1.82) is 0 Å². The summed E-state index contributed by atoms with van der Waals surface area (Å²) in [6, 6.07) is 14.6. The molecule has 0 aliphatic rings. The van der Waals surface area contributed by atoms with Gasteiger partial charge in [-0.1, -0.05) is 55.8 Å². The van der Waals surface area contributed by atoms with E-state index >= 15 is 0 Å². The van der Waals surface area contributed by atoms with E-state index in [1.807, 2.05) is 43.3 Å². The van der Waals surface area contributed by atoms with Gasteiger partial charge in [0.25, 0.3) is 10.0 Å². The number of sulfonamides is 1. The van der Waals surface area contributed by atoms with Gasteiger partial charge in [-0.15, -0.1) is 0 Å². The summed E-state index contributed by atoms with van der Waals surface area (Å²) in [5, 5.41) is 0. The third-order valence-electron chi connectivity index (χ3n) is 5.39. The minimum atomic E-state index is -3.92. The summed E-state index contributed by atoms with van der Waals surface area (Å²) >= 11 is 3.28. The smallest absolute Gasteiger partial charge is 0.316 e. The van der Waals surface area contributed by atoms with Gasteiger partial charge in [0.05, 0.1) is 14.9 Å². The van der Waals surface area contributed by atoms with E-state index in [1.165, 1.54) is 6.33 Å². The van der Waals surface area contributed by atoms with Crippen LogP contribution in [0.15, 0.2) is 76.6 Å². The van der Waals surface area contributed by atoms with Crippen molar-refractivity contribution in [2.45, 2.75) is 31.6 Å². The first-order chi connectivity index (χ1) is 17.7. The molecular formula is C26H28BrN5O5S. The van der Waals surface area contributed by atoms with Crippen LogP contribution in [0.1, 0.15) is 30.9 Å². The fourth-order valence-corrected chi connectivity index (χ4v) is 4.63. The standard InChI is InChI=1S/C26H26BrN5O4S.H2O/c1-17(2)19-8-10-22(11-9-19)37(33,34)32-24-23(20-6-4-18(3)5-7-20)25(31-16-30-24)35-12-13-36-26-28-14-21(27)15-29-26;/h4-11,14-17H,12-13H2,1-3H3,(H,30,31,32);1H2. The summed E-state index contributed by atoms with van der Waals surface area (Å²) in [7, 11) is -3.92. The Hall–Kier alpha value is -3.61. The largest absolute Gasteiger partial charge is 0.473 e. The molecule has 0 aliphatic carbocycles. The number of hydrogen-bond acceptors (Lipinski definition) is 8. The van der Waals surface area contributed by atoms with Gasteiger partial charge >= 0.3 is 6.01 Å². The van der Waals surface area contributed by atoms with Crippen LogP contribution in [0.25, 0.3) is 11.1 Å². The lowest BCUT2D eigenvalue weighted by atomic mass is 10.0. The number of nitrogens with one attached hydrogen (secondary N) is 1. The summed E-state index contributed by atoms with van der Waals surface area (Å²) in [5.41, 5.74) is 3.22. The molecule has 12 heteroatoms. The minimum Gasteiger partial charge on any atom is -0.473 e. The van der Waals surface area contributed by atoms with Crippen molar-refractivity contribution in [3.8, 4) is 23.0 Å². The molecule has 10 nitrogen and oxygen atoms in total. The lowest BCUT2D eigenvalue weighted by Crippen LogP contribution is -2.16. The molecule has 0 spiro atoms. The second-order valence-corrected chi connectivity index (χ2v) is 11.1. The molecule has 2 aromatic carbocycles. The van der Waals surface area contributed by atoms with Crippen LogP contribution in [0.4, 0.5) is 5.82 Å². The average Bonchev–Trinajstić information content (AvgIpc) is 2.88. The van der Waals surface area contributed by atoms with Gasteiger partial charge in [-0.05, 0) is 52.0 Å². The van der Waals surface area contributed by atoms with Crippen molar-refractivity contribution in [3.05, 3.63) is 82.9 Å². The first-order valence-electron chi connectivity index (χ1n) is 11.5. The molecule has 3 N–H and O–H groups in total. The van der Waals surface area contributed by atoms with Crippen LogP contribution in [-0.2, 0) is 10.0 Å². The van der Waals surface area contributed by atoms with Crippen LogP contribution in [-0.4, -0.2) is 47.0 Å². The van der Waals surface area contributed by atoms with Gasteiger partial charge in [-0.3, -0.25) is 4.72 Å². The molecule has 2 aromatic heterocycles. The fraction of sp³-hybridized carbons (Fsp3) is 0.231. The van der Waals surface area contributed by atoms with Gasteiger partial charge in [0.15, 0.2) is 5.82 Å². The van der Waals surface area contributed by atoms with Crippen LogP contribution in [0.3, 0.4) is 0 Å². The summed E-state index contributed by atoms with van der Waals surface area (Å²) in [4.78, 5) is 16.8. The third-order valence-corrected chi connectivity index (χ3v) is 7.16. The van der Waals surface area contributed by atoms with Crippen LogP contribution < -0.4 is 14.2 Å². The lowest BCUT2D eigenvalue weighted by Gasteiger charge is -2.16. The number of aryl methyl sites for hydroxylation is 1. The first kappa shape index (κ1) is 29.0. The van der Waals surface area contributed by atoms with Crippen LogP contribution >= 0.6 is 15.9 Å². The molecule has 38 heavy (non-hydrogen) atoms. The highest BCUT2D eigenvalue weighted by Crippen LogP contribution is 2.35. The molecule has 2 heterocycles. The van der Waals surface area contributed by atoms with Crippen LogP contribution in [0.2, 0.25) is 0 Å². The molecule has 0 saturated carbocycles.